The van der Waals surface area contributed by atoms with Crippen molar-refractivity contribution in [3.8, 4) is 17.0 Å². The Kier molecular flexibility index (Phi) is 6.11. The number of carbonyl (C=O) groups excluding carboxylic acids is 1. The number of benzene rings is 1. The van der Waals surface area contributed by atoms with E-state index in [1.54, 1.807) is 37.3 Å². The molecule has 0 fully saturated rings. The van der Waals surface area contributed by atoms with Crippen LogP contribution in [0.15, 0.2) is 54.6 Å². The first-order valence-electron chi connectivity index (χ1n) is 10.1. The third kappa shape index (κ3) is 4.58. The SMILES string of the molecule is Cc1cccc(NC(=O)c2c(C)nc3ccc(-c4cccc(OC[C@H](O)CO)c4)nn23)n1. The van der Waals surface area contributed by atoms with Crippen LogP contribution in [0.3, 0.4) is 0 Å². The van der Waals surface area contributed by atoms with Gasteiger partial charge in [-0.1, -0.05) is 18.2 Å². The molecular weight excluding hydrogens is 410 g/mol. The summed E-state index contributed by atoms with van der Waals surface area (Å²) in [4.78, 5) is 21.7. The highest BCUT2D eigenvalue weighted by Crippen LogP contribution is 2.24. The van der Waals surface area contributed by atoms with Crippen LogP contribution in [0.25, 0.3) is 16.9 Å². The zero-order valence-corrected chi connectivity index (χ0v) is 17.7. The molecule has 4 rings (SSSR count). The van der Waals surface area contributed by atoms with Crippen molar-refractivity contribution in [3.63, 3.8) is 0 Å². The van der Waals surface area contributed by atoms with E-state index in [-0.39, 0.29) is 19.1 Å². The lowest BCUT2D eigenvalue weighted by Gasteiger charge is -2.11. The van der Waals surface area contributed by atoms with Gasteiger partial charge in [-0.05, 0) is 50.2 Å². The number of aromatic nitrogens is 4. The number of nitrogens with zero attached hydrogens (tertiary/aromatic N) is 4. The first kappa shape index (κ1) is 21.4. The number of imidazole rings is 1. The number of hydrogen-bond donors (Lipinski definition) is 3. The molecule has 1 atom stereocenters. The van der Waals surface area contributed by atoms with Gasteiger partial charge in [-0.2, -0.15) is 5.10 Å². The molecule has 0 bridgehead atoms. The lowest BCUT2D eigenvalue weighted by molar-refractivity contribution is 0.0536. The second-order valence-corrected chi connectivity index (χ2v) is 7.33. The van der Waals surface area contributed by atoms with Crippen LogP contribution in [-0.2, 0) is 0 Å². The van der Waals surface area contributed by atoms with Gasteiger partial charge in [0.15, 0.2) is 11.3 Å². The van der Waals surface area contributed by atoms with Crippen LogP contribution in [-0.4, -0.2) is 55.0 Å². The topological polar surface area (TPSA) is 122 Å². The molecule has 0 aliphatic heterocycles. The molecule has 9 nitrogen and oxygen atoms in total. The Hall–Kier alpha value is -3.82. The lowest BCUT2D eigenvalue weighted by Crippen LogP contribution is -2.21. The molecule has 1 aromatic carbocycles. The Bertz CT molecular complexity index is 1270. The molecule has 3 aromatic heterocycles. The van der Waals surface area contributed by atoms with Gasteiger partial charge in [0.2, 0.25) is 0 Å². The van der Waals surface area contributed by atoms with Crippen LogP contribution in [0.4, 0.5) is 5.82 Å². The van der Waals surface area contributed by atoms with Gasteiger partial charge in [-0.25, -0.2) is 14.5 Å². The molecule has 0 unspecified atom stereocenters. The van der Waals surface area contributed by atoms with Gasteiger partial charge in [-0.15, -0.1) is 0 Å². The van der Waals surface area contributed by atoms with E-state index >= 15 is 0 Å². The Morgan fingerprint density at radius 2 is 1.94 bits per heavy atom. The minimum Gasteiger partial charge on any atom is -0.491 e. The molecule has 1 amide bonds. The van der Waals surface area contributed by atoms with Crippen LogP contribution in [0.2, 0.25) is 0 Å². The standard InChI is InChI=1S/C23H23N5O4/c1-14-5-3-8-20(24-14)26-23(31)22-15(2)25-21-10-9-19(27-28(21)22)16-6-4-7-18(11-16)32-13-17(30)12-29/h3-11,17,29-30H,12-13H2,1-2H3,(H,24,26,31)/t17-/m1/s1. The Morgan fingerprint density at radius 3 is 2.72 bits per heavy atom. The molecule has 0 saturated carbocycles. The molecule has 3 heterocycles. The van der Waals surface area contributed by atoms with Crippen molar-refractivity contribution < 1.29 is 19.7 Å². The number of nitrogens with one attached hydrogen (secondary N) is 1. The van der Waals surface area contributed by atoms with Crippen LogP contribution < -0.4 is 10.1 Å². The summed E-state index contributed by atoms with van der Waals surface area (Å²) in [5.74, 6) is 0.630. The van der Waals surface area contributed by atoms with E-state index in [1.807, 2.05) is 31.2 Å². The summed E-state index contributed by atoms with van der Waals surface area (Å²) in [7, 11) is 0. The van der Waals surface area contributed by atoms with Crippen molar-refractivity contribution in [1.29, 1.82) is 0 Å². The smallest absolute Gasteiger partial charge is 0.277 e. The molecule has 0 aliphatic rings. The summed E-state index contributed by atoms with van der Waals surface area (Å²) >= 11 is 0. The highest BCUT2D eigenvalue weighted by Gasteiger charge is 2.19. The second kappa shape index (κ2) is 9.13. The van der Waals surface area contributed by atoms with Crippen molar-refractivity contribution in [2.75, 3.05) is 18.5 Å². The molecule has 4 aromatic rings. The minimum atomic E-state index is -0.953. The van der Waals surface area contributed by atoms with Crippen molar-refractivity contribution in [3.05, 3.63) is 71.7 Å². The van der Waals surface area contributed by atoms with Gasteiger partial charge in [0.05, 0.1) is 18.0 Å². The van der Waals surface area contributed by atoms with Crippen molar-refractivity contribution in [2.24, 2.45) is 0 Å². The first-order valence-corrected chi connectivity index (χ1v) is 10.1. The fourth-order valence-corrected chi connectivity index (χ4v) is 3.24. The highest BCUT2D eigenvalue weighted by molar-refractivity contribution is 6.03. The summed E-state index contributed by atoms with van der Waals surface area (Å²) in [5.41, 5.74) is 3.60. The highest BCUT2D eigenvalue weighted by atomic mass is 16.5. The predicted octanol–water partition coefficient (Wildman–Crippen LogP) is 2.39. The van der Waals surface area contributed by atoms with Crippen molar-refractivity contribution >= 4 is 17.4 Å². The molecule has 9 heteroatoms. The van der Waals surface area contributed by atoms with Crippen molar-refractivity contribution in [1.82, 2.24) is 19.6 Å². The Balaban J connectivity index is 1.65. The molecule has 32 heavy (non-hydrogen) atoms. The number of aliphatic hydroxyl groups excluding tert-OH is 2. The number of amides is 1. The first-order chi connectivity index (χ1) is 15.4. The van der Waals surface area contributed by atoms with Crippen LogP contribution in [0.5, 0.6) is 5.75 Å². The molecule has 0 radical (unpaired) electrons. The number of fused-ring (bicyclic) bond motifs is 1. The molecule has 0 aliphatic carbocycles. The van der Waals surface area contributed by atoms with Crippen molar-refractivity contribution in [2.45, 2.75) is 20.0 Å². The number of rotatable bonds is 7. The number of carbonyl (C=O) groups is 1. The van der Waals surface area contributed by atoms with Gasteiger partial charge in [0.25, 0.3) is 5.91 Å². The van der Waals surface area contributed by atoms with Crippen LogP contribution in [0.1, 0.15) is 21.9 Å². The Labute approximate surface area is 184 Å². The monoisotopic (exact) mass is 433 g/mol. The Morgan fingerprint density at radius 1 is 1.12 bits per heavy atom. The third-order valence-corrected chi connectivity index (χ3v) is 4.78. The fraction of sp³-hybridized carbons (Fsp3) is 0.217. The number of anilines is 1. The molecular formula is C23H23N5O4. The van der Waals surface area contributed by atoms with E-state index < -0.39 is 6.10 Å². The lowest BCUT2D eigenvalue weighted by atomic mass is 10.1. The second-order valence-electron chi connectivity index (χ2n) is 7.33. The van der Waals surface area contributed by atoms with Gasteiger partial charge < -0.3 is 20.3 Å². The van der Waals surface area contributed by atoms with E-state index in [4.69, 9.17) is 9.84 Å². The number of pyridine rings is 1. The summed E-state index contributed by atoms with van der Waals surface area (Å²) < 4.78 is 7.04. The van der Waals surface area contributed by atoms with Gasteiger partial charge in [0, 0.05) is 11.3 Å². The number of ether oxygens (including phenoxy) is 1. The number of aryl methyl sites for hydroxylation is 2. The third-order valence-electron chi connectivity index (χ3n) is 4.78. The van der Waals surface area contributed by atoms with E-state index in [0.717, 1.165) is 11.3 Å². The summed E-state index contributed by atoms with van der Waals surface area (Å²) in [6.07, 6.45) is -0.953. The van der Waals surface area contributed by atoms with E-state index in [9.17, 15) is 9.90 Å². The van der Waals surface area contributed by atoms with E-state index in [1.165, 1.54) is 4.52 Å². The number of hydrogen-bond acceptors (Lipinski definition) is 7. The molecule has 164 valence electrons. The summed E-state index contributed by atoms with van der Waals surface area (Å²) in [6.45, 7) is 3.21. The van der Waals surface area contributed by atoms with Crippen LogP contribution >= 0.6 is 0 Å². The summed E-state index contributed by atoms with van der Waals surface area (Å²) in [6, 6.07) is 16.2. The minimum absolute atomic E-state index is 0.0234. The predicted molar refractivity (Wildman–Crippen MR) is 119 cm³/mol. The quantitative estimate of drug-likeness (QED) is 0.409. The zero-order chi connectivity index (χ0) is 22.7. The fourth-order valence-electron chi connectivity index (χ4n) is 3.24. The largest absolute Gasteiger partial charge is 0.491 e. The van der Waals surface area contributed by atoms with Gasteiger partial charge in [0.1, 0.15) is 24.3 Å². The maximum absolute atomic E-state index is 13.0. The molecule has 3 N–H and O–H groups in total. The van der Waals surface area contributed by atoms with E-state index in [2.05, 4.69) is 20.4 Å². The van der Waals surface area contributed by atoms with Gasteiger partial charge in [-0.3, -0.25) is 4.79 Å². The van der Waals surface area contributed by atoms with Crippen LogP contribution in [0, 0.1) is 13.8 Å². The van der Waals surface area contributed by atoms with E-state index in [0.29, 0.717) is 34.3 Å². The molecule has 0 saturated heterocycles. The molecule has 0 spiro atoms. The maximum atomic E-state index is 13.0. The van der Waals surface area contributed by atoms with Gasteiger partial charge >= 0.3 is 0 Å². The normalized spacial score (nSPS) is 12.0. The average molecular weight is 433 g/mol. The zero-order valence-electron chi connectivity index (χ0n) is 17.7. The maximum Gasteiger partial charge on any atom is 0.277 e. The summed E-state index contributed by atoms with van der Waals surface area (Å²) in [5, 5.41) is 25.9. The number of aliphatic hydroxyl groups is 2. The average Bonchev–Trinajstić information content (AvgIpc) is 3.12.